The number of ether oxygens (including phenoxy) is 1. The second-order valence-corrected chi connectivity index (χ2v) is 6.20. The summed E-state index contributed by atoms with van der Waals surface area (Å²) in [6.07, 6.45) is 4.86. The molecular formula is C17H28N2O. The van der Waals surface area contributed by atoms with Crippen LogP contribution in [0.25, 0.3) is 0 Å². The van der Waals surface area contributed by atoms with Crippen molar-refractivity contribution in [3.05, 3.63) is 23.4 Å². The van der Waals surface area contributed by atoms with Crippen LogP contribution in [0.1, 0.15) is 51.3 Å². The quantitative estimate of drug-likeness (QED) is 0.892. The van der Waals surface area contributed by atoms with Crippen LogP contribution in [0.3, 0.4) is 0 Å². The molecule has 0 bridgehead atoms. The summed E-state index contributed by atoms with van der Waals surface area (Å²) >= 11 is 0. The third kappa shape index (κ3) is 3.95. The highest BCUT2D eigenvalue weighted by Gasteiger charge is 2.26. The van der Waals surface area contributed by atoms with E-state index in [9.17, 15) is 0 Å². The Morgan fingerprint density at radius 1 is 1.25 bits per heavy atom. The SMILES string of the molecule is CCc1cc(CNC)cc(OC2CCC(C)C(C)C2)n1. The molecule has 0 spiro atoms. The van der Waals surface area contributed by atoms with E-state index in [0.29, 0.717) is 6.10 Å². The molecule has 20 heavy (non-hydrogen) atoms. The second kappa shape index (κ2) is 7.07. The first-order valence-corrected chi connectivity index (χ1v) is 7.93. The maximum atomic E-state index is 6.16. The molecule has 1 fully saturated rings. The Kier molecular flexibility index (Phi) is 5.41. The zero-order chi connectivity index (χ0) is 14.5. The van der Waals surface area contributed by atoms with Crippen LogP contribution in [0, 0.1) is 11.8 Å². The van der Waals surface area contributed by atoms with Gasteiger partial charge in [-0.1, -0.05) is 20.8 Å². The zero-order valence-corrected chi connectivity index (χ0v) is 13.3. The topological polar surface area (TPSA) is 34.1 Å². The summed E-state index contributed by atoms with van der Waals surface area (Å²) in [6, 6.07) is 4.24. The van der Waals surface area contributed by atoms with Gasteiger partial charge >= 0.3 is 0 Å². The van der Waals surface area contributed by atoms with Crippen molar-refractivity contribution in [2.45, 2.75) is 59.1 Å². The third-order valence-corrected chi connectivity index (χ3v) is 4.50. The number of rotatable bonds is 5. The van der Waals surface area contributed by atoms with Gasteiger partial charge in [0.25, 0.3) is 0 Å². The minimum absolute atomic E-state index is 0.336. The average molecular weight is 276 g/mol. The van der Waals surface area contributed by atoms with Gasteiger partial charge in [-0.25, -0.2) is 4.98 Å². The molecule has 1 N–H and O–H groups in total. The van der Waals surface area contributed by atoms with Gasteiger partial charge in [0.05, 0.1) is 0 Å². The summed E-state index contributed by atoms with van der Waals surface area (Å²) in [7, 11) is 1.97. The minimum atomic E-state index is 0.336. The monoisotopic (exact) mass is 276 g/mol. The Labute approximate surface area is 123 Å². The lowest BCUT2D eigenvalue weighted by atomic mass is 9.80. The molecule has 2 rings (SSSR count). The maximum absolute atomic E-state index is 6.16. The van der Waals surface area contributed by atoms with Crippen molar-refractivity contribution in [1.29, 1.82) is 0 Å². The van der Waals surface area contributed by atoms with E-state index in [0.717, 1.165) is 49.2 Å². The molecule has 1 aliphatic carbocycles. The van der Waals surface area contributed by atoms with Crippen molar-refractivity contribution < 1.29 is 4.74 Å². The van der Waals surface area contributed by atoms with Gasteiger partial charge in [0.1, 0.15) is 6.10 Å². The molecule has 3 atom stereocenters. The molecule has 0 amide bonds. The molecule has 0 aliphatic heterocycles. The van der Waals surface area contributed by atoms with Crippen LogP contribution >= 0.6 is 0 Å². The fourth-order valence-corrected chi connectivity index (χ4v) is 2.94. The van der Waals surface area contributed by atoms with E-state index >= 15 is 0 Å². The van der Waals surface area contributed by atoms with Crippen LogP contribution in [-0.4, -0.2) is 18.1 Å². The Balaban J connectivity index is 2.06. The molecule has 3 unspecified atom stereocenters. The number of pyridine rings is 1. The van der Waals surface area contributed by atoms with Gasteiger partial charge < -0.3 is 10.1 Å². The number of aryl methyl sites for hydroxylation is 1. The number of aromatic nitrogens is 1. The Morgan fingerprint density at radius 2 is 2.05 bits per heavy atom. The minimum Gasteiger partial charge on any atom is -0.474 e. The molecule has 1 heterocycles. The Hall–Kier alpha value is -1.09. The van der Waals surface area contributed by atoms with E-state index in [4.69, 9.17) is 4.74 Å². The van der Waals surface area contributed by atoms with E-state index in [1.165, 1.54) is 12.0 Å². The normalized spacial score (nSPS) is 26.5. The second-order valence-electron chi connectivity index (χ2n) is 6.20. The molecule has 1 aromatic heterocycles. The van der Waals surface area contributed by atoms with Crippen LogP contribution < -0.4 is 10.1 Å². The van der Waals surface area contributed by atoms with Gasteiger partial charge in [-0.15, -0.1) is 0 Å². The molecular weight excluding hydrogens is 248 g/mol. The lowest BCUT2D eigenvalue weighted by Gasteiger charge is -2.32. The molecule has 0 saturated heterocycles. The van der Waals surface area contributed by atoms with E-state index in [2.05, 4.69) is 43.2 Å². The van der Waals surface area contributed by atoms with Gasteiger partial charge in [-0.2, -0.15) is 0 Å². The lowest BCUT2D eigenvalue weighted by Crippen LogP contribution is -2.29. The molecule has 1 saturated carbocycles. The number of hydrogen-bond donors (Lipinski definition) is 1. The number of nitrogens with zero attached hydrogens (tertiary/aromatic N) is 1. The van der Waals surface area contributed by atoms with Gasteiger partial charge in [0, 0.05) is 18.3 Å². The Bertz CT molecular complexity index is 433. The first-order chi connectivity index (χ1) is 9.62. The van der Waals surface area contributed by atoms with E-state index in [-0.39, 0.29) is 0 Å². The summed E-state index contributed by atoms with van der Waals surface area (Å²) < 4.78 is 6.16. The molecule has 0 radical (unpaired) electrons. The predicted octanol–water partition coefficient (Wildman–Crippen LogP) is 3.57. The molecule has 3 nitrogen and oxygen atoms in total. The van der Waals surface area contributed by atoms with Gasteiger partial charge in [0.15, 0.2) is 0 Å². The highest BCUT2D eigenvalue weighted by atomic mass is 16.5. The Morgan fingerprint density at radius 3 is 2.70 bits per heavy atom. The first-order valence-electron chi connectivity index (χ1n) is 7.93. The van der Waals surface area contributed by atoms with Crippen molar-refractivity contribution in [3.63, 3.8) is 0 Å². The lowest BCUT2D eigenvalue weighted by molar-refractivity contribution is 0.0962. The van der Waals surface area contributed by atoms with Gasteiger partial charge in [0.2, 0.25) is 5.88 Å². The van der Waals surface area contributed by atoms with Crippen LogP contribution in [0.4, 0.5) is 0 Å². The largest absolute Gasteiger partial charge is 0.474 e. The molecule has 1 aliphatic rings. The fourth-order valence-electron chi connectivity index (χ4n) is 2.94. The maximum Gasteiger partial charge on any atom is 0.214 e. The standard InChI is InChI=1S/C17H28N2O/c1-5-15-9-14(11-18-4)10-17(19-15)20-16-7-6-12(2)13(3)8-16/h9-10,12-13,16,18H,5-8,11H2,1-4H3. The highest BCUT2D eigenvalue weighted by molar-refractivity contribution is 5.25. The van der Waals surface area contributed by atoms with E-state index in [1.54, 1.807) is 0 Å². The van der Waals surface area contributed by atoms with Crippen molar-refractivity contribution in [3.8, 4) is 5.88 Å². The van der Waals surface area contributed by atoms with Crippen LogP contribution in [0.5, 0.6) is 5.88 Å². The third-order valence-electron chi connectivity index (χ3n) is 4.50. The molecule has 0 aromatic carbocycles. The van der Waals surface area contributed by atoms with Gasteiger partial charge in [-0.3, -0.25) is 0 Å². The summed E-state index contributed by atoms with van der Waals surface area (Å²) in [5, 5.41) is 3.20. The summed E-state index contributed by atoms with van der Waals surface area (Å²) in [4.78, 5) is 4.62. The molecule has 1 aromatic rings. The fraction of sp³-hybridized carbons (Fsp3) is 0.706. The summed E-state index contributed by atoms with van der Waals surface area (Å²) in [5.74, 6) is 2.38. The predicted molar refractivity (Wildman–Crippen MR) is 83.0 cm³/mol. The van der Waals surface area contributed by atoms with Crippen molar-refractivity contribution in [2.75, 3.05) is 7.05 Å². The van der Waals surface area contributed by atoms with Gasteiger partial charge in [-0.05, 0) is 56.2 Å². The zero-order valence-electron chi connectivity index (χ0n) is 13.3. The highest BCUT2D eigenvalue weighted by Crippen LogP contribution is 2.31. The van der Waals surface area contributed by atoms with Crippen LogP contribution in [-0.2, 0) is 13.0 Å². The summed E-state index contributed by atoms with van der Waals surface area (Å²) in [5.41, 5.74) is 2.37. The van der Waals surface area contributed by atoms with Crippen molar-refractivity contribution in [2.24, 2.45) is 11.8 Å². The van der Waals surface area contributed by atoms with Crippen LogP contribution in [0.2, 0.25) is 0 Å². The van der Waals surface area contributed by atoms with E-state index in [1.807, 2.05) is 7.05 Å². The number of hydrogen-bond acceptors (Lipinski definition) is 3. The van der Waals surface area contributed by atoms with Crippen molar-refractivity contribution in [1.82, 2.24) is 10.3 Å². The average Bonchev–Trinajstić information content (AvgIpc) is 2.43. The summed E-state index contributed by atoms with van der Waals surface area (Å²) in [6.45, 7) is 7.69. The first kappa shape index (κ1) is 15.3. The smallest absolute Gasteiger partial charge is 0.214 e. The number of nitrogens with one attached hydrogen (secondary N) is 1. The van der Waals surface area contributed by atoms with E-state index < -0.39 is 0 Å². The molecule has 3 heteroatoms. The van der Waals surface area contributed by atoms with Crippen LogP contribution in [0.15, 0.2) is 12.1 Å². The molecule has 112 valence electrons. The van der Waals surface area contributed by atoms with Crippen molar-refractivity contribution >= 4 is 0 Å².